The minimum absolute atomic E-state index is 0.00569. The van der Waals surface area contributed by atoms with Gasteiger partial charge < -0.3 is 9.90 Å². The summed E-state index contributed by atoms with van der Waals surface area (Å²) in [5.41, 5.74) is 0.916. The molecule has 2 rings (SSSR count). The second-order valence-electron chi connectivity index (χ2n) is 2.69. The average molecular weight is 204 g/mol. The van der Waals surface area contributed by atoms with Gasteiger partial charge >= 0.3 is 0 Å². The van der Waals surface area contributed by atoms with Crippen LogP contribution in [0.1, 0.15) is 10.5 Å². The highest BCUT2D eigenvalue weighted by Crippen LogP contribution is 2.22. The standard InChI is InChI=1S/C10H7NO2S/c12-10(13)8-6-14-9(11-8)7-4-2-1-3-5-7/h1-6H,(H,12,13)/p-1. The van der Waals surface area contributed by atoms with E-state index in [0.717, 1.165) is 5.56 Å². The summed E-state index contributed by atoms with van der Waals surface area (Å²) in [6.45, 7) is 0. The molecule has 0 N–H and O–H groups in total. The van der Waals surface area contributed by atoms with Crippen molar-refractivity contribution >= 4 is 17.3 Å². The van der Waals surface area contributed by atoms with Gasteiger partial charge in [0.1, 0.15) is 5.01 Å². The largest absolute Gasteiger partial charge is 0.543 e. The first kappa shape index (κ1) is 8.90. The first-order chi connectivity index (χ1) is 6.77. The lowest BCUT2D eigenvalue weighted by Gasteiger charge is -1.95. The molecule has 3 nitrogen and oxygen atoms in total. The van der Waals surface area contributed by atoms with E-state index in [1.165, 1.54) is 16.7 Å². The zero-order valence-electron chi connectivity index (χ0n) is 7.14. The van der Waals surface area contributed by atoms with Crippen LogP contribution in [0.5, 0.6) is 0 Å². The quantitative estimate of drug-likeness (QED) is 0.738. The number of aromatic carboxylic acids is 1. The molecular formula is C10H6NO2S-. The molecule has 0 atom stereocenters. The highest BCUT2D eigenvalue weighted by Gasteiger charge is 2.03. The third kappa shape index (κ3) is 1.65. The first-order valence-electron chi connectivity index (χ1n) is 3.99. The van der Waals surface area contributed by atoms with E-state index in [1.54, 1.807) is 0 Å². The molecule has 0 fully saturated rings. The molecule has 0 radical (unpaired) electrons. The first-order valence-corrected chi connectivity index (χ1v) is 4.87. The second kappa shape index (κ2) is 3.59. The Morgan fingerprint density at radius 2 is 2.00 bits per heavy atom. The van der Waals surface area contributed by atoms with Gasteiger partial charge in [-0.2, -0.15) is 0 Å². The molecule has 0 aliphatic rings. The maximum atomic E-state index is 10.5. The van der Waals surface area contributed by atoms with E-state index in [2.05, 4.69) is 4.98 Å². The Hall–Kier alpha value is -1.68. The van der Waals surface area contributed by atoms with Crippen LogP contribution in [-0.4, -0.2) is 11.0 Å². The number of thiazole rings is 1. The van der Waals surface area contributed by atoms with Gasteiger partial charge in [0.25, 0.3) is 0 Å². The number of hydrogen-bond donors (Lipinski definition) is 0. The van der Waals surface area contributed by atoms with E-state index >= 15 is 0 Å². The van der Waals surface area contributed by atoms with Crippen LogP contribution in [0.3, 0.4) is 0 Å². The maximum absolute atomic E-state index is 10.5. The van der Waals surface area contributed by atoms with Gasteiger partial charge in [-0.15, -0.1) is 11.3 Å². The number of benzene rings is 1. The van der Waals surface area contributed by atoms with Gasteiger partial charge in [-0.05, 0) is 0 Å². The summed E-state index contributed by atoms with van der Waals surface area (Å²) in [7, 11) is 0. The van der Waals surface area contributed by atoms with Crippen LogP contribution in [-0.2, 0) is 0 Å². The average Bonchev–Trinajstić information content (AvgIpc) is 2.68. The van der Waals surface area contributed by atoms with Crippen LogP contribution >= 0.6 is 11.3 Å². The zero-order chi connectivity index (χ0) is 9.97. The van der Waals surface area contributed by atoms with E-state index in [9.17, 15) is 9.90 Å². The normalized spacial score (nSPS) is 10.0. The predicted molar refractivity (Wildman–Crippen MR) is 51.9 cm³/mol. The molecular weight excluding hydrogens is 198 g/mol. The van der Waals surface area contributed by atoms with E-state index in [0.29, 0.717) is 5.01 Å². The number of rotatable bonds is 2. The number of carbonyl (C=O) groups is 1. The van der Waals surface area contributed by atoms with Gasteiger partial charge in [0.05, 0.1) is 11.7 Å². The Labute approximate surface area is 84.7 Å². The molecule has 0 saturated carbocycles. The van der Waals surface area contributed by atoms with Crippen molar-refractivity contribution in [3.05, 3.63) is 41.4 Å². The SMILES string of the molecule is O=C([O-])c1csc(-c2ccccc2)n1. The fourth-order valence-electron chi connectivity index (χ4n) is 1.08. The third-order valence-electron chi connectivity index (χ3n) is 1.73. The number of carbonyl (C=O) groups excluding carboxylic acids is 1. The van der Waals surface area contributed by atoms with Gasteiger partial charge in [0.15, 0.2) is 0 Å². The lowest BCUT2D eigenvalue weighted by atomic mass is 10.2. The van der Waals surface area contributed by atoms with E-state index in [1.807, 2.05) is 30.3 Å². The fraction of sp³-hybridized carbons (Fsp3) is 0. The Bertz CT molecular complexity index is 450. The molecule has 14 heavy (non-hydrogen) atoms. The molecule has 1 aromatic heterocycles. The summed E-state index contributed by atoms with van der Waals surface area (Å²) in [5, 5.41) is 12.7. The lowest BCUT2D eigenvalue weighted by molar-refractivity contribution is -0.255. The molecule has 70 valence electrons. The zero-order valence-corrected chi connectivity index (χ0v) is 7.95. The number of hydrogen-bond acceptors (Lipinski definition) is 4. The molecule has 1 aromatic carbocycles. The lowest BCUT2D eigenvalue weighted by Crippen LogP contribution is -2.22. The Morgan fingerprint density at radius 1 is 1.29 bits per heavy atom. The molecule has 2 aromatic rings. The second-order valence-corrected chi connectivity index (χ2v) is 3.55. The number of carboxylic acid groups (broad SMARTS) is 1. The topological polar surface area (TPSA) is 53.0 Å². The molecule has 0 unspecified atom stereocenters. The molecule has 0 aliphatic heterocycles. The predicted octanol–water partition coefficient (Wildman–Crippen LogP) is 1.17. The molecule has 0 bridgehead atoms. The number of carboxylic acids is 1. The summed E-state index contributed by atoms with van der Waals surface area (Å²) in [6, 6.07) is 9.44. The van der Waals surface area contributed by atoms with E-state index in [4.69, 9.17) is 0 Å². The Morgan fingerprint density at radius 3 is 2.57 bits per heavy atom. The van der Waals surface area contributed by atoms with Crippen molar-refractivity contribution in [2.75, 3.05) is 0 Å². The van der Waals surface area contributed by atoms with Crippen LogP contribution in [0, 0.1) is 0 Å². The smallest absolute Gasteiger partial charge is 0.124 e. The van der Waals surface area contributed by atoms with Crippen molar-refractivity contribution in [2.24, 2.45) is 0 Å². The summed E-state index contributed by atoms with van der Waals surface area (Å²) in [5.74, 6) is -1.23. The van der Waals surface area contributed by atoms with Crippen molar-refractivity contribution < 1.29 is 9.90 Å². The molecule has 4 heteroatoms. The van der Waals surface area contributed by atoms with Crippen LogP contribution in [0.25, 0.3) is 10.6 Å². The minimum atomic E-state index is -1.23. The summed E-state index contributed by atoms with van der Waals surface area (Å²) >= 11 is 1.30. The highest BCUT2D eigenvalue weighted by atomic mass is 32.1. The Balaban J connectivity index is 2.39. The van der Waals surface area contributed by atoms with Gasteiger partial charge in [-0.25, -0.2) is 4.98 Å². The molecule has 0 spiro atoms. The van der Waals surface area contributed by atoms with Crippen LogP contribution in [0.15, 0.2) is 35.7 Å². The Kier molecular flexibility index (Phi) is 2.28. The fourth-order valence-corrected chi connectivity index (χ4v) is 1.88. The third-order valence-corrected chi connectivity index (χ3v) is 2.63. The summed E-state index contributed by atoms with van der Waals surface area (Å²) < 4.78 is 0. The molecule has 0 amide bonds. The van der Waals surface area contributed by atoms with Gasteiger partial charge in [-0.1, -0.05) is 30.3 Å². The van der Waals surface area contributed by atoms with Gasteiger partial charge in [0, 0.05) is 10.9 Å². The van der Waals surface area contributed by atoms with E-state index < -0.39 is 5.97 Å². The molecule has 0 aliphatic carbocycles. The van der Waals surface area contributed by atoms with E-state index in [-0.39, 0.29) is 5.69 Å². The molecule has 1 heterocycles. The van der Waals surface area contributed by atoms with Crippen molar-refractivity contribution in [2.45, 2.75) is 0 Å². The van der Waals surface area contributed by atoms with Crippen LogP contribution < -0.4 is 5.11 Å². The molecule has 0 saturated heterocycles. The van der Waals surface area contributed by atoms with Crippen molar-refractivity contribution in [3.8, 4) is 10.6 Å². The number of nitrogens with zero attached hydrogens (tertiary/aromatic N) is 1. The number of aromatic nitrogens is 1. The van der Waals surface area contributed by atoms with Crippen molar-refractivity contribution in [3.63, 3.8) is 0 Å². The maximum Gasteiger partial charge on any atom is 0.124 e. The monoisotopic (exact) mass is 204 g/mol. The van der Waals surface area contributed by atoms with Crippen molar-refractivity contribution in [1.29, 1.82) is 0 Å². The van der Waals surface area contributed by atoms with Crippen LogP contribution in [0.4, 0.5) is 0 Å². The van der Waals surface area contributed by atoms with Crippen LogP contribution in [0.2, 0.25) is 0 Å². The summed E-state index contributed by atoms with van der Waals surface area (Å²) in [4.78, 5) is 14.4. The highest BCUT2D eigenvalue weighted by molar-refractivity contribution is 7.13. The van der Waals surface area contributed by atoms with Crippen molar-refractivity contribution in [1.82, 2.24) is 4.98 Å². The van der Waals surface area contributed by atoms with Gasteiger partial charge in [-0.3, -0.25) is 0 Å². The van der Waals surface area contributed by atoms with Gasteiger partial charge in [0.2, 0.25) is 0 Å². The summed E-state index contributed by atoms with van der Waals surface area (Å²) in [6.07, 6.45) is 0. The minimum Gasteiger partial charge on any atom is -0.543 e.